The Morgan fingerprint density at radius 3 is 2.90 bits per heavy atom. The van der Waals surface area contributed by atoms with E-state index in [1.165, 1.54) is 5.56 Å². The molecule has 1 aliphatic rings. The highest BCUT2D eigenvalue weighted by Gasteiger charge is 2.18. The van der Waals surface area contributed by atoms with E-state index >= 15 is 0 Å². The maximum Gasteiger partial charge on any atom is 0.140 e. The van der Waals surface area contributed by atoms with E-state index in [0.717, 1.165) is 52.1 Å². The number of nitrogens with one attached hydrogen (secondary N) is 1. The van der Waals surface area contributed by atoms with Crippen LogP contribution in [0, 0.1) is 6.92 Å². The predicted molar refractivity (Wildman–Crippen MR) is 94.3 cm³/mol. The molecule has 0 fully saturated rings. The van der Waals surface area contributed by atoms with Gasteiger partial charge in [0.25, 0.3) is 0 Å². The summed E-state index contributed by atoms with van der Waals surface area (Å²) in [6, 6.07) is 8.20. The zero-order valence-electron chi connectivity index (χ0n) is 11.7. The second-order valence-corrected chi connectivity index (χ2v) is 6.65. The SMILES string of the molecule is Cc1ccc(Br)cc1Nc1nc2c(cc1C(N)=S)CCC2. The molecule has 0 saturated heterocycles. The van der Waals surface area contributed by atoms with Crippen molar-refractivity contribution in [2.75, 3.05) is 5.32 Å². The van der Waals surface area contributed by atoms with E-state index < -0.39 is 0 Å². The Balaban J connectivity index is 2.05. The molecule has 1 heterocycles. The summed E-state index contributed by atoms with van der Waals surface area (Å²) in [7, 11) is 0. The minimum absolute atomic E-state index is 0.382. The first-order chi connectivity index (χ1) is 10.0. The number of nitrogens with two attached hydrogens (primary N) is 1. The summed E-state index contributed by atoms with van der Waals surface area (Å²) < 4.78 is 1.02. The summed E-state index contributed by atoms with van der Waals surface area (Å²) >= 11 is 8.68. The van der Waals surface area contributed by atoms with E-state index in [4.69, 9.17) is 22.9 Å². The van der Waals surface area contributed by atoms with Crippen LogP contribution >= 0.6 is 28.1 Å². The second kappa shape index (κ2) is 5.73. The average molecular weight is 362 g/mol. The molecule has 0 aliphatic heterocycles. The Morgan fingerprint density at radius 2 is 2.14 bits per heavy atom. The number of rotatable bonds is 3. The highest BCUT2D eigenvalue weighted by atomic mass is 79.9. The van der Waals surface area contributed by atoms with Crippen LogP contribution in [0.5, 0.6) is 0 Å². The molecular formula is C16H16BrN3S. The molecule has 108 valence electrons. The van der Waals surface area contributed by atoms with Gasteiger partial charge in [-0.05, 0) is 55.5 Å². The van der Waals surface area contributed by atoms with Crippen LogP contribution in [0.1, 0.15) is 28.8 Å². The third-order valence-corrected chi connectivity index (χ3v) is 4.48. The molecule has 3 N–H and O–H groups in total. The lowest BCUT2D eigenvalue weighted by Gasteiger charge is -2.14. The fraction of sp³-hybridized carbons (Fsp3) is 0.250. The van der Waals surface area contributed by atoms with Gasteiger partial charge in [0, 0.05) is 15.9 Å². The molecular weight excluding hydrogens is 346 g/mol. The maximum absolute atomic E-state index is 5.87. The lowest BCUT2D eigenvalue weighted by Crippen LogP contribution is -2.14. The molecule has 1 aromatic heterocycles. The monoisotopic (exact) mass is 361 g/mol. The largest absolute Gasteiger partial charge is 0.389 e. The van der Waals surface area contributed by atoms with E-state index in [-0.39, 0.29) is 0 Å². The molecule has 0 saturated carbocycles. The van der Waals surface area contributed by atoms with Crippen molar-refractivity contribution < 1.29 is 0 Å². The Labute approximate surface area is 138 Å². The van der Waals surface area contributed by atoms with Gasteiger partial charge in [0.2, 0.25) is 0 Å². The van der Waals surface area contributed by atoms with E-state index in [2.05, 4.69) is 40.3 Å². The van der Waals surface area contributed by atoms with Crippen LogP contribution in [-0.2, 0) is 12.8 Å². The first-order valence-corrected chi connectivity index (χ1v) is 8.10. The maximum atomic E-state index is 5.87. The van der Waals surface area contributed by atoms with Crippen molar-refractivity contribution in [1.29, 1.82) is 0 Å². The van der Waals surface area contributed by atoms with Crippen LogP contribution in [0.4, 0.5) is 11.5 Å². The van der Waals surface area contributed by atoms with Gasteiger partial charge in [-0.25, -0.2) is 4.98 Å². The molecule has 5 heteroatoms. The molecule has 21 heavy (non-hydrogen) atoms. The summed E-state index contributed by atoms with van der Waals surface area (Å²) in [5.74, 6) is 0.754. The van der Waals surface area contributed by atoms with Crippen LogP contribution in [0.3, 0.4) is 0 Å². The van der Waals surface area contributed by atoms with Crippen LogP contribution in [-0.4, -0.2) is 9.97 Å². The average Bonchev–Trinajstić information content (AvgIpc) is 2.89. The number of aryl methyl sites for hydroxylation is 3. The van der Waals surface area contributed by atoms with Crippen LogP contribution in [0.15, 0.2) is 28.7 Å². The normalized spacial score (nSPS) is 13.0. The predicted octanol–water partition coefficient (Wildman–Crippen LogP) is 4.02. The molecule has 0 radical (unpaired) electrons. The Kier molecular flexibility index (Phi) is 3.95. The van der Waals surface area contributed by atoms with Crippen LogP contribution in [0.2, 0.25) is 0 Å². The number of benzene rings is 1. The van der Waals surface area contributed by atoms with Crippen molar-refractivity contribution in [3.63, 3.8) is 0 Å². The molecule has 1 aliphatic carbocycles. The van der Waals surface area contributed by atoms with Gasteiger partial charge in [-0.15, -0.1) is 0 Å². The number of thiocarbonyl (C=S) groups is 1. The molecule has 0 bridgehead atoms. The van der Waals surface area contributed by atoms with Gasteiger partial charge >= 0.3 is 0 Å². The highest BCUT2D eigenvalue weighted by Crippen LogP contribution is 2.29. The van der Waals surface area contributed by atoms with Crippen molar-refractivity contribution in [3.05, 3.63) is 51.1 Å². The fourth-order valence-corrected chi connectivity index (χ4v) is 3.13. The van der Waals surface area contributed by atoms with Crippen LogP contribution < -0.4 is 11.1 Å². The first-order valence-electron chi connectivity index (χ1n) is 6.90. The summed E-state index contributed by atoms with van der Waals surface area (Å²) in [5, 5.41) is 3.38. The van der Waals surface area contributed by atoms with Gasteiger partial charge in [-0.2, -0.15) is 0 Å². The zero-order valence-corrected chi connectivity index (χ0v) is 14.1. The Bertz CT molecular complexity index is 728. The summed E-state index contributed by atoms with van der Waals surface area (Å²) in [6.45, 7) is 2.06. The molecule has 0 spiro atoms. The summed E-state index contributed by atoms with van der Waals surface area (Å²) in [5.41, 5.74) is 11.3. The molecule has 0 amide bonds. The number of hydrogen-bond donors (Lipinski definition) is 2. The fourth-order valence-electron chi connectivity index (χ4n) is 2.61. The molecule has 0 atom stereocenters. The number of hydrogen-bond acceptors (Lipinski definition) is 3. The standard InChI is InChI=1S/C16H16BrN3S/c1-9-5-6-11(17)8-14(9)20-16-12(15(18)21)7-10-3-2-4-13(10)19-16/h5-8H,2-4H2,1H3,(H2,18,21)(H,19,20). The van der Waals surface area contributed by atoms with Gasteiger partial charge in [-0.3, -0.25) is 0 Å². The molecule has 2 aromatic rings. The number of halogens is 1. The van der Waals surface area contributed by atoms with Gasteiger partial charge in [0.05, 0.1) is 5.56 Å². The number of fused-ring (bicyclic) bond motifs is 1. The first kappa shape index (κ1) is 14.5. The molecule has 0 unspecified atom stereocenters. The number of anilines is 2. The van der Waals surface area contributed by atoms with Crippen molar-refractivity contribution >= 4 is 44.6 Å². The van der Waals surface area contributed by atoms with Crippen molar-refractivity contribution in [2.45, 2.75) is 26.2 Å². The topological polar surface area (TPSA) is 50.9 Å². The van der Waals surface area contributed by atoms with Crippen molar-refractivity contribution in [3.8, 4) is 0 Å². The van der Waals surface area contributed by atoms with Gasteiger partial charge in [-0.1, -0.05) is 34.2 Å². The Morgan fingerprint density at radius 1 is 1.33 bits per heavy atom. The quantitative estimate of drug-likeness (QED) is 0.810. The van der Waals surface area contributed by atoms with Gasteiger partial charge in [0.15, 0.2) is 0 Å². The third kappa shape index (κ3) is 2.94. The van der Waals surface area contributed by atoms with E-state index in [1.807, 2.05) is 12.1 Å². The van der Waals surface area contributed by atoms with Crippen molar-refractivity contribution in [2.24, 2.45) is 5.73 Å². The second-order valence-electron chi connectivity index (χ2n) is 5.29. The summed E-state index contributed by atoms with van der Waals surface area (Å²) in [4.78, 5) is 5.13. The number of aromatic nitrogens is 1. The Hall–Kier alpha value is -1.46. The summed E-state index contributed by atoms with van der Waals surface area (Å²) in [6.07, 6.45) is 3.24. The lowest BCUT2D eigenvalue weighted by molar-refractivity contribution is 0.900. The number of nitrogens with zero attached hydrogens (tertiary/aromatic N) is 1. The number of pyridine rings is 1. The van der Waals surface area contributed by atoms with E-state index in [9.17, 15) is 0 Å². The smallest absolute Gasteiger partial charge is 0.140 e. The minimum Gasteiger partial charge on any atom is -0.389 e. The van der Waals surface area contributed by atoms with E-state index in [1.54, 1.807) is 0 Å². The van der Waals surface area contributed by atoms with Crippen LogP contribution in [0.25, 0.3) is 0 Å². The minimum atomic E-state index is 0.382. The third-order valence-electron chi connectivity index (χ3n) is 3.77. The molecule has 3 rings (SSSR count). The van der Waals surface area contributed by atoms with Crippen molar-refractivity contribution in [1.82, 2.24) is 4.98 Å². The molecule has 1 aromatic carbocycles. The highest BCUT2D eigenvalue weighted by molar-refractivity contribution is 9.10. The van der Waals surface area contributed by atoms with Gasteiger partial charge < -0.3 is 11.1 Å². The molecule has 3 nitrogen and oxygen atoms in total. The van der Waals surface area contributed by atoms with E-state index in [0.29, 0.717) is 4.99 Å². The zero-order chi connectivity index (χ0) is 15.0. The van der Waals surface area contributed by atoms with Gasteiger partial charge in [0.1, 0.15) is 10.8 Å². The lowest BCUT2D eigenvalue weighted by atomic mass is 10.1.